The van der Waals surface area contributed by atoms with E-state index in [0.29, 0.717) is 12.1 Å². The second-order valence-electron chi connectivity index (χ2n) is 6.65. The number of halogens is 3. The molecule has 2 atom stereocenters. The lowest BCUT2D eigenvalue weighted by Crippen LogP contribution is -2.56. The molecule has 0 aliphatic carbocycles. The van der Waals surface area contributed by atoms with Crippen LogP contribution in [-0.4, -0.2) is 40.1 Å². The maximum atomic E-state index is 14.1. The van der Waals surface area contributed by atoms with E-state index < -0.39 is 41.2 Å². The number of carbonyl (C=O) groups excluding carboxylic acids is 1. The number of ether oxygens (including phenoxy) is 1. The SMILES string of the molecule is CC(C)(C)N(C(=O)O)[C@H]1CC(=O)CO[C@H]1c1cc(F)c(F)cc1F. The minimum atomic E-state index is -1.36. The summed E-state index contributed by atoms with van der Waals surface area (Å²) in [6.07, 6.45) is -2.74. The molecular formula is C16H18F3NO4. The van der Waals surface area contributed by atoms with Crippen molar-refractivity contribution >= 4 is 11.9 Å². The second-order valence-corrected chi connectivity index (χ2v) is 6.65. The van der Waals surface area contributed by atoms with E-state index in [-0.39, 0.29) is 24.4 Å². The molecule has 1 heterocycles. The van der Waals surface area contributed by atoms with Crippen molar-refractivity contribution in [2.75, 3.05) is 6.61 Å². The van der Waals surface area contributed by atoms with E-state index >= 15 is 0 Å². The van der Waals surface area contributed by atoms with E-state index in [0.717, 1.165) is 4.90 Å². The van der Waals surface area contributed by atoms with Gasteiger partial charge in [-0.15, -0.1) is 0 Å². The van der Waals surface area contributed by atoms with Crippen LogP contribution in [0.2, 0.25) is 0 Å². The molecule has 0 bridgehead atoms. The summed E-state index contributed by atoms with van der Waals surface area (Å²) in [5.41, 5.74) is -1.23. The highest BCUT2D eigenvalue weighted by Gasteiger charge is 2.43. The van der Waals surface area contributed by atoms with E-state index in [2.05, 4.69) is 0 Å². The Hall–Kier alpha value is -2.09. The summed E-state index contributed by atoms with van der Waals surface area (Å²) >= 11 is 0. The van der Waals surface area contributed by atoms with Gasteiger partial charge in [-0.25, -0.2) is 18.0 Å². The molecule has 0 spiro atoms. The van der Waals surface area contributed by atoms with Crippen LogP contribution in [0.4, 0.5) is 18.0 Å². The predicted octanol–water partition coefficient (Wildman–Crippen LogP) is 3.28. The van der Waals surface area contributed by atoms with Gasteiger partial charge in [0.25, 0.3) is 0 Å². The molecule has 1 aliphatic heterocycles. The number of amides is 1. The standard InChI is InChI=1S/C16H18F3NO4/c1-16(2,3)20(15(22)23)13-4-8(21)7-24-14(13)9-5-11(18)12(19)6-10(9)17/h5-6,13-14H,4,7H2,1-3H3,(H,22,23)/t13-,14-/m0/s1. The molecule has 1 saturated heterocycles. The van der Waals surface area contributed by atoms with Crippen molar-refractivity contribution < 1.29 is 32.6 Å². The molecule has 0 aromatic heterocycles. The van der Waals surface area contributed by atoms with Crippen LogP contribution in [0.5, 0.6) is 0 Å². The predicted molar refractivity (Wildman–Crippen MR) is 78.0 cm³/mol. The van der Waals surface area contributed by atoms with Crippen molar-refractivity contribution in [2.45, 2.75) is 44.9 Å². The van der Waals surface area contributed by atoms with E-state index in [1.54, 1.807) is 20.8 Å². The number of hydrogen-bond acceptors (Lipinski definition) is 3. The molecule has 1 amide bonds. The average molecular weight is 345 g/mol. The molecular weight excluding hydrogens is 327 g/mol. The molecule has 1 aliphatic rings. The molecule has 0 radical (unpaired) electrons. The van der Waals surface area contributed by atoms with Crippen molar-refractivity contribution in [3.05, 3.63) is 35.1 Å². The monoisotopic (exact) mass is 345 g/mol. The Morgan fingerprint density at radius 2 is 1.79 bits per heavy atom. The van der Waals surface area contributed by atoms with Crippen LogP contribution in [0, 0.1) is 17.5 Å². The summed E-state index contributed by atoms with van der Waals surface area (Å²) in [5.74, 6) is -4.04. The van der Waals surface area contributed by atoms with Crippen molar-refractivity contribution in [1.82, 2.24) is 4.90 Å². The Morgan fingerprint density at radius 3 is 2.33 bits per heavy atom. The fourth-order valence-corrected chi connectivity index (χ4v) is 2.90. The zero-order valence-electron chi connectivity index (χ0n) is 13.5. The van der Waals surface area contributed by atoms with Crippen molar-refractivity contribution in [3.63, 3.8) is 0 Å². The largest absolute Gasteiger partial charge is 0.465 e. The van der Waals surface area contributed by atoms with Gasteiger partial charge < -0.3 is 9.84 Å². The van der Waals surface area contributed by atoms with Crippen LogP contribution in [0.15, 0.2) is 12.1 Å². The maximum absolute atomic E-state index is 14.1. The molecule has 132 valence electrons. The number of Topliss-reactive ketones (excluding diaryl/α,β-unsaturated/α-hetero) is 1. The quantitative estimate of drug-likeness (QED) is 0.836. The number of benzene rings is 1. The summed E-state index contributed by atoms with van der Waals surface area (Å²) in [4.78, 5) is 24.4. The normalized spacial score (nSPS) is 21.7. The number of carbonyl (C=O) groups is 2. The minimum absolute atomic E-state index is 0.202. The van der Waals surface area contributed by atoms with Gasteiger partial charge in [0.15, 0.2) is 17.4 Å². The first-order chi connectivity index (χ1) is 11.0. The Labute approximate surface area is 137 Å². The first kappa shape index (κ1) is 18.3. The molecule has 0 saturated carbocycles. The van der Waals surface area contributed by atoms with Crippen LogP contribution in [-0.2, 0) is 9.53 Å². The van der Waals surface area contributed by atoms with Gasteiger partial charge in [0, 0.05) is 23.6 Å². The topological polar surface area (TPSA) is 66.8 Å². The minimum Gasteiger partial charge on any atom is -0.465 e. The highest BCUT2D eigenvalue weighted by Crippen LogP contribution is 2.36. The summed E-state index contributed by atoms with van der Waals surface area (Å²) < 4.78 is 46.1. The van der Waals surface area contributed by atoms with Crippen LogP contribution >= 0.6 is 0 Å². The van der Waals surface area contributed by atoms with E-state index in [1.807, 2.05) is 0 Å². The summed E-state index contributed by atoms with van der Waals surface area (Å²) in [5, 5.41) is 9.51. The number of hydrogen-bond donors (Lipinski definition) is 1. The van der Waals surface area contributed by atoms with Gasteiger partial charge >= 0.3 is 6.09 Å². The first-order valence-corrected chi connectivity index (χ1v) is 7.32. The molecule has 1 aromatic rings. The lowest BCUT2D eigenvalue weighted by atomic mass is 9.90. The molecule has 2 rings (SSSR count). The van der Waals surface area contributed by atoms with Gasteiger partial charge in [-0.05, 0) is 26.8 Å². The third kappa shape index (κ3) is 3.53. The fourth-order valence-electron chi connectivity index (χ4n) is 2.90. The smallest absolute Gasteiger partial charge is 0.408 e. The van der Waals surface area contributed by atoms with Crippen molar-refractivity contribution in [3.8, 4) is 0 Å². The van der Waals surface area contributed by atoms with Gasteiger partial charge in [-0.3, -0.25) is 9.69 Å². The lowest BCUT2D eigenvalue weighted by Gasteiger charge is -2.44. The van der Waals surface area contributed by atoms with E-state index in [1.165, 1.54) is 0 Å². The number of ketones is 1. The maximum Gasteiger partial charge on any atom is 0.408 e. The zero-order chi connectivity index (χ0) is 18.2. The second kappa shape index (κ2) is 6.43. The zero-order valence-corrected chi connectivity index (χ0v) is 13.5. The summed E-state index contributed by atoms with van der Waals surface area (Å²) in [6.45, 7) is 4.48. The van der Waals surface area contributed by atoms with E-state index in [9.17, 15) is 27.9 Å². The van der Waals surface area contributed by atoms with Crippen LogP contribution in [0.1, 0.15) is 38.9 Å². The Morgan fingerprint density at radius 1 is 1.21 bits per heavy atom. The number of nitrogens with zero attached hydrogens (tertiary/aromatic N) is 1. The van der Waals surface area contributed by atoms with Gasteiger partial charge in [-0.2, -0.15) is 0 Å². The summed E-state index contributed by atoms with van der Waals surface area (Å²) in [7, 11) is 0. The van der Waals surface area contributed by atoms with Gasteiger partial charge in [0.2, 0.25) is 0 Å². The number of carboxylic acid groups (broad SMARTS) is 1. The summed E-state index contributed by atoms with van der Waals surface area (Å²) in [6, 6.07) is -0.0343. The van der Waals surface area contributed by atoms with E-state index in [4.69, 9.17) is 4.74 Å². The Bertz CT molecular complexity index is 672. The lowest BCUT2D eigenvalue weighted by molar-refractivity contribution is -0.140. The average Bonchev–Trinajstić information content (AvgIpc) is 2.41. The van der Waals surface area contributed by atoms with Crippen LogP contribution < -0.4 is 0 Å². The highest BCUT2D eigenvalue weighted by molar-refractivity contribution is 5.82. The molecule has 24 heavy (non-hydrogen) atoms. The van der Waals surface area contributed by atoms with Crippen molar-refractivity contribution in [2.24, 2.45) is 0 Å². The highest BCUT2D eigenvalue weighted by atomic mass is 19.2. The first-order valence-electron chi connectivity index (χ1n) is 7.32. The molecule has 0 unspecified atom stereocenters. The molecule has 1 aromatic carbocycles. The van der Waals surface area contributed by atoms with Gasteiger partial charge in [-0.1, -0.05) is 0 Å². The number of rotatable bonds is 2. The fraction of sp³-hybridized carbons (Fsp3) is 0.500. The Balaban J connectivity index is 2.52. The third-order valence-corrected chi connectivity index (χ3v) is 3.82. The van der Waals surface area contributed by atoms with Crippen molar-refractivity contribution in [1.29, 1.82) is 0 Å². The molecule has 8 heteroatoms. The molecule has 5 nitrogen and oxygen atoms in total. The molecule has 1 fully saturated rings. The van der Waals surface area contributed by atoms with Crippen LogP contribution in [0.25, 0.3) is 0 Å². The Kier molecular flexibility index (Phi) is 4.89. The van der Waals surface area contributed by atoms with Gasteiger partial charge in [0.05, 0.1) is 6.04 Å². The van der Waals surface area contributed by atoms with Gasteiger partial charge in [0.1, 0.15) is 18.5 Å². The van der Waals surface area contributed by atoms with Crippen LogP contribution in [0.3, 0.4) is 0 Å². The third-order valence-electron chi connectivity index (χ3n) is 3.82. The molecule has 1 N–H and O–H groups in total.